The number of carbonyl (C=O) groups is 1. The summed E-state index contributed by atoms with van der Waals surface area (Å²) in [5.41, 5.74) is -0.525. The molecule has 0 aromatic heterocycles. The van der Waals surface area contributed by atoms with Gasteiger partial charge in [-0.25, -0.2) is 12.8 Å². The number of sulfonamides is 1. The highest BCUT2D eigenvalue weighted by Gasteiger charge is 2.35. The fraction of sp³-hybridized carbons (Fsp3) is 0.269. The number of hydrogen-bond acceptors (Lipinski definition) is 4. The van der Waals surface area contributed by atoms with Gasteiger partial charge in [0.05, 0.1) is 21.7 Å². The van der Waals surface area contributed by atoms with E-state index >= 15 is 0 Å². The maximum absolute atomic E-state index is 14.6. The molecule has 0 bridgehead atoms. The average molecular weight is 570 g/mol. The second-order valence-corrected chi connectivity index (χ2v) is 11.4. The Bertz CT molecular complexity index is 1480. The van der Waals surface area contributed by atoms with Crippen molar-refractivity contribution in [2.24, 2.45) is 0 Å². The van der Waals surface area contributed by atoms with E-state index in [0.29, 0.717) is 12.6 Å². The highest BCUT2D eigenvalue weighted by Crippen LogP contribution is 2.37. The minimum Gasteiger partial charge on any atom is -0.366 e. The molecule has 0 spiro atoms. The van der Waals surface area contributed by atoms with E-state index in [-0.39, 0.29) is 29.0 Å². The minimum absolute atomic E-state index is 0.148. The molecule has 3 aromatic carbocycles. The van der Waals surface area contributed by atoms with Gasteiger partial charge < -0.3 is 10.2 Å². The Hall–Kier alpha value is -3.15. The highest BCUT2D eigenvalue weighted by molar-refractivity contribution is 7.89. The van der Waals surface area contributed by atoms with Crippen LogP contribution in [0, 0.1) is 12.7 Å². The van der Waals surface area contributed by atoms with Gasteiger partial charge in [0.15, 0.2) is 0 Å². The number of alkyl halides is 3. The molecule has 1 saturated heterocycles. The number of rotatable bonds is 5. The molecule has 0 saturated carbocycles. The maximum atomic E-state index is 14.6. The largest absolute Gasteiger partial charge is 0.418 e. The number of hydrogen-bond donors (Lipinski definition) is 1. The summed E-state index contributed by atoms with van der Waals surface area (Å²) in [5.74, 6) is -2.31. The van der Waals surface area contributed by atoms with Crippen LogP contribution < -0.4 is 10.2 Å². The number of carbonyl (C=O) groups excluding carboxylic acids is 1. The third kappa shape index (κ3) is 5.79. The zero-order valence-corrected chi connectivity index (χ0v) is 22.0. The molecule has 1 fully saturated rings. The van der Waals surface area contributed by atoms with Crippen LogP contribution in [0.2, 0.25) is 5.02 Å². The highest BCUT2D eigenvalue weighted by atomic mass is 35.5. The lowest BCUT2D eigenvalue weighted by Crippen LogP contribution is -2.53. The summed E-state index contributed by atoms with van der Waals surface area (Å²) >= 11 is 5.66. The standard InChI is InChI=1S/C26H24ClF4N3O3S/c1-16-4-3-5-19(12-16)34-11-10-33(15-17(34)2)38(36,37)20-7-8-23(28)21(14-20)25(35)32-24-9-6-18(27)13-22(24)26(29,30)31/h3-9,12-14,17H,10-11,15H2,1-2H3,(H,32,35)/t17-/m1/s1. The first kappa shape index (κ1) is 27.9. The number of benzene rings is 3. The van der Waals surface area contributed by atoms with Crippen LogP contribution in [0.3, 0.4) is 0 Å². The van der Waals surface area contributed by atoms with Crippen molar-refractivity contribution in [1.82, 2.24) is 4.31 Å². The molecule has 1 atom stereocenters. The maximum Gasteiger partial charge on any atom is 0.418 e. The first-order valence-electron chi connectivity index (χ1n) is 11.6. The molecule has 0 radical (unpaired) electrons. The lowest BCUT2D eigenvalue weighted by atomic mass is 10.1. The van der Waals surface area contributed by atoms with Crippen LogP contribution in [-0.4, -0.2) is 44.3 Å². The van der Waals surface area contributed by atoms with Gasteiger partial charge in [-0.2, -0.15) is 17.5 Å². The quantitative estimate of drug-likeness (QED) is 0.385. The van der Waals surface area contributed by atoms with E-state index in [1.807, 2.05) is 43.4 Å². The van der Waals surface area contributed by atoms with E-state index < -0.39 is 44.7 Å². The van der Waals surface area contributed by atoms with Crippen molar-refractivity contribution in [3.63, 3.8) is 0 Å². The number of aryl methyl sites for hydroxylation is 1. The van der Waals surface area contributed by atoms with Gasteiger partial charge in [0, 0.05) is 36.4 Å². The van der Waals surface area contributed by atoms with Gasteiger partial charge in [0.1, 0.15) is 5.82 Å². The minimum atomic E-state index is -4.84. The van der Waals surface area contributed by atoms with E-state index in [1.54, 1.807) is 0 Å². The zero-order chi connectivity index (χ0) is 27.8. The van der Waals surface area contributed by atoms with Crippen LogP contribution in [0.25, 0.3) is 0 Å². The number of halogens is 5. The molecule has 0 aliphatic carbocycles. The molecule has 202 valence electrons. The summed E-state index contributed by atoms with van der Waals surface area (Å²) in [4.78, 5) is 14.5. The lowest BCUT2D eigenvalue weighted by molar-refractivity contribution is -0.136. The SMILES string of the molecule is Cc1cccc(N2CCN(S(=O)(=O)c3ccc(F)c(C(=O)Nc4ccc(Cl)cc4C(F)(F)F)c3)C[C@H]2C)c1. The molecule has 38 heavy (non-hydrogen) atoms. The molecule has 3 aromatic rings. The molecule has 1 amide bonds. The number of piperazine rings is 1. The summed E-state index contributed by atoms with van der Waals surface area (Å²) in [6.07, 6.45) is -4.84. The van der Waals surface area contributed by atoms with E-state index in [4.69, 9.17) is 11.6 Å². The third-order valence-corrected chi connectivity index (χ3v) is 8.38. The Kier molecular flexibility index (Phi) is 7.74. The van der Waals surface area contributed by atoms with E-state index in [2.05, 4.69) is 4.90 Å². The molecule has 4 rings (SSSR count). The summed E-state index contributed by atoms with van der Waals surface area (Å²) in [7, 11) is -4.13. The van der Waals surface area contributed by atoms with Crippen molar-refractivity contribution in [3.8, 4) is 0 Å². The second-order valence-electron chi connectivity index (χ2n) is 9.03. The van der Waals surface area contributed by atoms with Gasteiger partial charge in [-0.05, 0) is 67.9 Å². The van der Waals surface area contributed by atoms with Gasteiger partial charge in [0.25, 0.3) is 5.91 Å². The average Bonchev–Trinajstić information content (AvgIpc) is 2.84. The zero-order valence-electron chi connectivity index (χ0n) is 20.4. The Labute approximate surface area is 222 Å². The van der Waals surface area contributed by atoms with Gasteiger partial charge in [-0.3, -0.25) is 4.79 Å². The van der Waals surface area contributed by atoms with E-state index in [1.165, 1.54) is 4.31 Å². The first-order valence-corrected chi connectivity index (χ1v) is 13.4. The van der Waals surface area contributed by atoms with Crippen molar-refractivity contribution in [2.75, 3.05) is 29.9 Å². The summed E-state index contributed by atoms with van der Waals surface area (Å²) in [5, 5.41) is 1.82. The molecular weight excluding hydrogens is 546 g/mol. The smallest absolute Gasteiger partial charge is 0.366 e. The Morgan fingerprint density at radius 3 is 2.45 bits per heavy atom. The summed E-state index contributed by atoms with van der Waals surface area (Å²) in [6.45, 7) is 4.56. The molecule has 1 aliphatic heterocycles. The van der Waals surface area contributed by atoms with Crippen LogP contribution >= 0.6 is 11.6 Å². The Morgan fingerprint density at radius 2 is 1.79 bits per heavy atom. The number of nitrogens with zero attached hydrogens (tertiary/aromatic N) is 2. The van der Waals surface area contributed by atoms with Crippen LogP contribution in [0.4, 0.5) is 28.9 Å². The first-order chi connectivity index (χ1) is 17.8. The van der Waals surface area contributed by atoms with Gasteiger partial charge in [0.2, 0.25) is 10.0 Å². The topological polar surface area (TPSA) is 69.7 Å². The Morgan fingerprint density at radius 1 is 1.05 bits per heavy atom. The van der Waals surface area contributed by atoms with Crippen molar-refractivity contribution < 1.29 is 30.8 Å². The monoisotopic (exact) mass is 569 g/mol. The van der Waals surface area contributed by atoms with Crippen LogP contribution in [-0.2, 0) is 16.2 Å². The fourth-order valence-electron chi connectivity index (χ4n) is 4.37. The van der Waals surface area contributed by atoms with Gasteiger partial charge in [-0.1, -0.05) is 23.7 Å². The number of anilines is 2. The summed E-state index contributed by atoms with van der Waals surface area (Å²) in [6, 6.07) is 13.1. The second kappa shape index (κ2) is 10.5. The lowest BCUT2D eigenvalue weighted by Gasteiger charge is -2.40. The number of amides is 1. The van der Waals surface area contributed by atoms with Crippen LogP contribution in [0.5, 0.6) is 0 Å². The van der Waals surface area contributed by atoms with Crippen molar-refractivity contribution in [3.05, 3.63) is 88.2 Å². The van der Waals surface area contributed by atoms with E-state index in [0.717, 1.165) is 41.6 Å². The van der Waals surface area contributed by atoms with Crippen LogP contribution in [0.1, 0.15) is 28.4 Å². The van der Waals surface area contributed by atoms with Crippen molar-refractivity contribution in [2.45, 2.75) is 31.0 Å². The van der Waals surface area contributed by atoms with E-state index in [9.17, 15) is 30.8 Å². The Balaban J connectivity index is 1.57. The molecule has 12 heteroatoms. The predicted molar refractivity (Wildman–Crippen MR) is 138 cm³/mol. The normalized spacial score (nSPS) is 16.9. The molecule has 1 heterocycles. The predicted octanol–water partition coefficient (Wildman–Crippen LogP) is 5.96. The van der Waals surface area contributed by atoms with Gasteiger partial charge in [-0.15, -0.1) is 0 Å². The molecule has 0 unspecified atom stereocenters. The van der Waals surface area contributed by atoms with Crippen LogP contribution in [0.15, 0.2) is 65.6 Å². The molecule has 1 N–H and O–H groups in total. The molecular formula is C26H24ClF4N3O3S. The number of nitrogens with one attached hydrogen (secondary N) is 1. The van der Waals surface area contributed by atoms with Crippen molar-refractivity contribution in [1.29, 1.82) is 0 Å². The van der Waals surface area contributed by atoms with Gasteiger partial charge >= 0.3 is 6.18 Å². The molecule has 6 nitrogen and oxygen atoms in total. The fourth-order valence-corrected chi connectivity index (χ4v) is 6.08. The third-order valence-electron chi connectivity index (χ3n) is 6.28. The summed E-state index contributed by atoms with van der Waals surface area (Å²) < 4.78 is 82.8. The van der Waals surface area contributed by atoms with Crippen molar-refractivity contribution >= 4 is 38.9 Å². The molecule has 1 aliphatic rings.